The number of ether oxygens (including phenoxy) is 2. The summed E-state index contributed by atoms with van der Waals surface area (Å²) in [6.45, 7) is 3.63. The van der Waals surface area contributed by atoms with Crippen LogP contribution in [-0.4, -0.2) is 30.1 Å². The molecular weight excluding hydrogens is 420 g/mol. The van der Waals surface area contributed by atoms with Gasteiger partial charge in [-0.05, 0) is 38.1 Å². The SMILES string of the molecule is CCOC(=O)COc1cccc(NC(=O)c2sc(-c3ccc(Cl)s3)nc2C)c1. The van der Waals surface area contributed by atoms with Crippen LogP contribution in [0.25, 0.3) is 9.88 Å². The number of carbonyl (C=O) groups is 2. The predicted molar refractivity (Wildman–Crippen MR) is 112 cm³/mol. The third-order valence-corrected chi connectivity index (χ3v) is 6.10. The third-order valence-electron chi connectivity index (χ3n) is 3.54. The average molecular weight is 437 g/mol. The number of benzene rings is 1. The molecule has 0 radical (unpaired) electrons. The molecule has 1 aromatic carbocycles. The molecule has 0 fully saturated rings. The van der Waals surface area contributed by atoms with E-state index in [4.69, 9.17) is 21.1 Å². The second kappa shape index (κ2) is 9.18. The van der Waals surface area contributed by atoms with Crippen molar-refractivity contribution in [2.45, 2.75) is 13.8 Å². The second-order valence-corrected chi connectivity index (χ2v) is 8.33. The summed E-state index contributed by atoms with van der Waals surface area (Å²) in [6.07, 6.45) is 0. The van der Waals surface area contributed by atoms with Crippen LogP contribution in [0.4, 0.5) is 5.69 Å². The number of nitrogens with one attached hydrogen (secondary N) is 1. The Kier molecular flexibility index (Phi) is 6.66. The number of halogens is 1. The maximum absolute atomic E-state index is 12.7. The normalized spacial score (nSPS) is 10.5. The summed E-state index contributed by atoms with van der Waals surface area (Å²) in [5.41, 5.74) is 1.21. The van der Waals surface area contributed by atoms with Gasteiger partial charge in [0.25, 0.3) is 5.91 Å². The highest BCUT2D eigenvalue weighted by atomic mass is 35.5. The Hall–Kier alpha value is -2.42. The highest BCUT2D eigenvalue weighted by Gasteiger charge is 2.17. The molecule has 3 aromatic rings. The zero-order valence-electron chi connectivity index (χ0n) is 15.2. The molecule has 0 spiro atoms. The van der Waals surface area contributed by atoms with E-state index in [9.17, 15) is 9.59 Å². The monoisotopic (exact) mass is 436 g/mol. The summed E-state index contributed by atoms with van der Waals surface area (Å²) in [5, 5.41) is 3.59. The van der Waals surface area contributed by atoms with Gasteiger partial charge in [-0.3, -0.25) is 4.79 Å². The summed E-state index contributed by atoms with van der Waals surface area (Å²) in [4.78, 5) is 30.0. The molecule has 0 saturated heterocycles. The molecule has 0 unspecified atom stereocenters. The van der Waals surface area contributed by atoms with Gasteiger partial charge in [-0.25, -0.2) is 9.78 Å². The Labute approximate surface area is 175 Å². The van der Waals surface area contributed by atoms with E-state index in [1.54, 1.807) is 44.2 Å². The third kappa shape index (κ3) is 5.09. The van der Waals surface area contributed by atoms with Crippen LogP contribution in [0.2, 0.25) is 4.34 Å². The van der Waals surface area contributed by atoms with Crippen LogP contribution in [0.1, 0.15) is 22.3 Å². The van der Waals surface area contributed by atoms with E-state index in [0.29, 0.717) is 33.0 Å². The van der Waals surface area contributed by atoms with Crippen LogP contribution in [0.5, 0.6) is 5.75 Å². The lowest BCUT2D eigenvalue weighted by molar-refractivity contribution is -0.145. The number of thiazole rings is 1. The Morgan fingerprint density at radius 2 is 2.04 bits per heavy atom. The van der Waals surface area contributed by atoms with Gasteiger partial charge >= 0.3 is 5.97 Å². The van der Waals surface area contributed by atoms with Crippen molar-refractivity contribution < 1.29 is 19.1 Å². The molecule has 28 heavy (non-hydrogen) atoms. The Morgan fingerprint density at radius 1 is 1.21 bits per heavy atom. The number of nitrogens with zero attached hydrogens (tertiary/aromatic N) is 1. The van der Waals surface area contributed by atoms with Crippen LogP contribution in [0, 0.1) is 6.92 Å². The van der Waals surface area contributed by atoms with Gasteiger partial charge in [0.05, 0.1) is 21.5 Å². The molecule has 3 rings (SSSR count). The predicted octanol–water partition coefficient (Wildman–Crippen LogP) is 5.03. The molecule has 1 N–H and O–H groups in total. The molecule has 0 aliphatic heterocycles. The number of amides is 1. The fourth-order valence-corrected chi connectivity index (χ4v) is 4.40. The number of hydrogen-bond acceptors (Lipinski definition) is 7. The van der Waals surface area contributed by atoms with Gasteiger partial charge < -0.3 is 14.8 Å². The van der Waals surface area contributed by atoms with E-state index >= 15 is 0 Å². The number of anilines is 1. The molecule has 0 bridgehead atoms. The lowest BCUT2D eigenvalue weighted by atomic mass is 10.3. The van der Waals surface area contributed by atoms with Crippen LogP contribution in [0.15, 0.2) is 36.4 Å². The first-order valence-electron chi connectivity index (χ1n) is 8.39. The first-order chi connectivity index (χ1) is 13.5. The van der Waals surface area contributed by atoms with Gasteiger partial charge in [0.1, 0.15) is 15.6 Å². The Bertz CT molecular complexity index is 999. The molecule has 0 atom stereocenters. The summed E-state index contributed by atoms with van der Waals surface area (Å²) < 4.78 is 10.9. The summed E-state index contributed by atoms with van der Waals surface area (Å²) in [5.74, 6) is -0.245. The van der Waals surface area contributed by atoms with E-state index in [0.717, 1.165) is 9.88 Å². The molecule has 0 aliphatic rings. The van der Waals surface area contributed by atoms with Crippen molar-refractivity contribution in [3.63, 3.8) is 0 Å². The largest absolute Gasteiger partial charge is 0.482 e. The molecule has 0 saturated carbocycles. The molecule has 146 valence electrons. The van der Waals surface area contributed by atoms with Gasteiger partial charge in [0, 0.05) is 11.8 Å². The molecule has 2 aromatic heterocycles. The number of esters is 1. The van der Waals surface area contributed by atoms with Crippen LogP contribution in [-0.2, 0) is 9.53 Å². The quantitative estimate of drug-likeness (QED) is 0.525. The van der Waals surface area contributed by atoms with Crippen molar-refractivity contribution in [3.05, 3.63) is 51.3 Å². The van der Waals surface area contributed by atoms with Crippen LogP contribution in [0.3, 0.4) is 0 Å². The lowest BCUT2D eigenvalue weighted by Crippen LogP contribution is -2.15. The molecular formula is C19H17ClN2O4S2. The van der Waals surface area contributed by atoms with E-state index in [2.05, 4.69) is 10.3 Å². The van der Waals surface area contributed by atoms with E-state index < -0.39 is 5.97 Å². The van der Waals surface area contributed by atoms with Crippen LogP contribution < -0.4 is 10.1 Å². The molecule has 9 heteroatoms. The van der Waals surface area contributed by atoms with Gasteiger partial charge in [-0.2, -0.15) is 0 Å². The van der Waals surface area contributed by atoms with Crippen molar-refractivity contribution in [1.82, 2.24) is 4.98 Å². The zero-order chi connectivity index (χ0) is 20.1. The lowest BCUT2D eigenvalue weighted by Gasteiger charge is -2.08. The minimum atomic E-state index is -0.446. The topological polar surface area (TPSA) is 77.5 Å². The highest BCUT2D eigenvalue weighted by Crippen LogP contribution is 2.35. The van der Waals surface area contributed by atoms with E-state index in [1.807, 2.05) is 6.07 Å². The fraction of sp³-hybridized carbons (Fsp3) is 0.211. The highest BCUT2D eigenvalue weighted by molar-refractivity contribution is 7.24. The van der Waals surface area contributed by atoms with Crippen LogP contribution >= 0.6 is 34.3 Å². The molecule has 0 aliphatic carbocycles. The number of rotatable bonds is 7. The van der Waals surface area contributed by atoms with Gasteiger partial charge in [0.15, 0.2) is 6.61 Å². The Morgan fingerprint density at radius 3 is 2.75 bits per heavy atom. The Balaban J connectivity index is 1.69. The van der Waals surface area contributed by atoms with Crippen molar-refractivity contribution in [1.29, 1.82) is 0 Å². The molecule has 1 amide bonds. The van der Waals surface area contributed by atoms with Gasteiger partial charge in [0.2, 0.25) is 0 Å². The van der Waals surface area contributed by atoms with Crippen molar-refractivity contribution in [2.75, 3.05) is 18.5 Å². The smallest absolute Gasteiger partial charge is 0.344 e. The molecule has 6 nitrogen and oxygen atoms in total. The van der Waals surface area contributed by atoms with Crippen molar-refractivity contribution >= 4 is 51.8 Å². The minimum absolute atomic E-state index is 0.189. The number of carbonyl (C=O) groups excluding carboxylic acids is 2. The number of aryl methyl sites for hydroxylation is 1. The minimum Gasteiger partial charge on any atom is -0.482 e. The van der Waals surface area contributed by atoms with Crippen molar-refractivity contribution in [2.24, 2.45) is 0 Å². The first-order valence-corrected chi connectivity index (χ1v) is 10.4. The van der Waals surface area contributed by atoms with Gasteiger partial charge in [-0.15, -0.1) is 22.7 Å². The fourth-order valence-electron chi connectivity index (χ4n) is 2.34. The summed E-state index contributed by atoms with van der Waals surface area (Å²) >= 11 is 8.71. The van der Waals surface area contributed by atoms with Gasteiger partial charge in [-0.1, -0.05) is 17.7 Å². The molecule has 2 heterocycles. The van der Waals surface area contributed by atoms with E-state index in [1.165, 1.54) is 22.7 Å². The maximum atomic E-state index is 12.7. The second-order valence-electron chi connectivity index (χ2n) is 5.61. The standard InChI is InChI=1S/C19H17ClN2O4S2/c1-3-25-16(23)10-26-13-6-4-5-12(9-13)22-18(24)17-11(2)21-19(28-17)14-7-8-15(20)27-14/h4-9H,3,10H2,1-2H3,(H,22,24). The van der Waals surface area contributed by atoms with Crippen molar-refractivity contribution in [3.8, 4) is 15.6 Å². The summed E-state index contributed by atoms with van der Waals surface area (Å²) in [6, 6.07) is 10.5. The number of thiophene rings is 1. The average Bonchev–Trinajstić information content (AvgIpc) is 3.26. The number of hydrogen-bond donors (Lipinski definition) is 1. The maximum Gasteiger partial charge on any atom is 0.344 e. The first kappa shape index (κ1) is 20.3. The summed E-state index contributed by atoms with van der Waals surface area (Å²) in [7, 11) is 0. The zero-order valence-corrected chi connectivity index (χ0v) is 17.5. The van der Waals surface area contributed by atoms with E-state index in [-0.39, 0.29) is 12.5 Å². The number of aromatic nitrogens is 1.